The maximum Gasteiger partial charge on any atom is 0.196 e. The first kappa shape index (κ1) is 15.1. The number of nitrogens with one attached hydrogen (secondary N) is 1. The summed E-state index contributed by atoms with van der Waals surface area (Å²) in [5.74, 6) is -0.166. The molecule has 0 saturated carbocycles. The van der Waals surface area contributed by atoms with E-state index >= 15 is 0 Å². The minimum absolute atomic E-state index is 0.0198. The Bertz CT molecular complexity index is 1240. The van der Waals surface area contributed by atoms with Gasteiger partial charge in [-0.1, -0.05) is 24.3 Å². The largest absolute Gasteiger partial charge is 0.364 e. The summed E-state index contributed by atoms with van der Waals surface area (Å²) in [7, 11) is 0. The standard InChI is InChI=1S/C22H18N2O2/c1-2-24-19-10-6-4-8-14(19)22(26)16-11-18-15(12-20(16)24)21(25)13-7-3-5-9-17(13)23-18/h3-12,16,20,23H,2H2,1H3. The van der Waals surface area contributed by atoms with E-state index in [0.29, 0.717) is 10.6 Å². The number of benzene rings is 2. The van der Waals surface area contributed by atoms with Crippen LogP contribution in [-0.4, -0.2) is 23.4 Å². The zero-order valence-corrected chi connectivity index (χ0v) is 14.4. The monoisotopic (exact) mass is 342 g/mol. The van der Waals surface area contributed by atoms with Gasteiger partial charge in [-0.2, -0.15) is 0 Å². The molecule has 0 spiro atoms. The van der Waals surface area contributed by atoms with Gasteiger partial charge in [0.25, 0.3) is 0 Å². The summed E-state index contributed by atoms with van der Waals surface area (Å²) in [5, 5.41) is 2.09. The van der Waals surface area contributed by atoms with Gasteiger partial charge in [0.15, 0.2) is 11.2 Å². The number of fused-ring (bicyclic) bond motifs is 4. The number of hydrogen-bond acceptors (Lipinski definition) is 3. The van der Waals surface area contributed by atoms with Crippen molar-refractivity contribution in [3.63, 3.8) is 0 Å². The third kappa shape index (κ3) is 1.96. The molecule has 128 valence electrons. The maximum atomic E-state index is 13.1. The molecule has 5 rings (SSSR count). The molecule has 4 heteroatoms. The lowest BCUT2D eigenvalue weighted by Gasteiger charge is -2.41. The van der Waals surface area contributed by atoms with E-state index in [1.807, 2.05) is 60.7 Å². The summed E-state index contributed by atoms with van der Waals surface area (Å²) in [6.07, 6.45) is 3.91. The predicted octanol–water partition coefficient (Wildman–Crippen LogP) is 1.81. The van der Waals surface area contributed by atoms with Crippen molar-refractivity contribution >= 4 is 34.5 Å². The number of Topliss-reactive ketones (excluding diaryl/α,β-unsaturated/α-hetero) is 1. The third-order valence-electron chi connectivity index (χ3n) is 5.51. The van der Waals surface area contributed by atoms with Crippen molar-refractivity contribution < 1.29 is 4.79 Å². The normalized spacial score (nSPS) is 20.7. The number of carbonyl (C=O) groups is 1. The van der Waals surface area contributed by atoms with Crippen LogP contribution in [0.2, 0.25) is 0 Å². The molecule has 2 heterocycles. The van der Waals surface area contributed by atoms with Gasteiger partial charge < -0.3 is 9.88 Å². The number of anilines is 1. The smallest absolute Gasteiger partial charge is 0.196 e. The topological polar surface area (TPSA) is 53.2 Å². The fourth-order valence-corrected chi connectivity index (χ4v) is 4.29. The first-order valence-corrected chi connectivity index (χ1v) is 8.93. The van der Waals surface area contributed by atoms with E-state index in [2.05, 4.69) is 16.8 Å². The van der Waals surface area contributed by atoms with E-state index in [1.54, 1.807) is 0 Å². The zero-order chi connectivity index (χ0) is 17.8. The number of para-hydroxylation sites is 2. The van der Waals surface area contributed by atoms with Gasteiger partial charge in [-0.15, -0.1) is 0 Å². The summed E-state index contributed by atoms with van der Waals surface area (Å²) in [5.41, 5.74) is 2.53. The van der Waals surface area contributed by atoms with Crippen molar-refractivity contribution in [1.82, 2.24) is 4.98 Å². The Hall–Kier alpha value is -3.14. The maximum absolute atomic E-state index is 13.1. The molecular weight excluding hydrogens is 324 g/mol. The Balaban J connectivity index is 1.83. The van der Waals surface area contributed by atoms with Crippen LogP contribution in [0.25, 0.3) is 23.1 Å². The van der Waals surface area contributed by atoms with Gasteiger partial charge in [-0.25, -0.2) is 0 Å². The fraction of sp³-hybridized carbons (Fsp3) is 0.182. The summed E-state index contributed by atoms with van der Waals surface area (Å²) >= 11 is 0. The van der Waals surface area contributed by atoms with Crippen molar-refractivity contribution in [3.8, 4) is 0 Å². The first-order chi connectivity index (χ1) is 12.7. The average Bonchev–Trinajstić information content (AvgIpc) is 2.68. The molecule has 3 aromatic rings. The van der Waals surface area contributed by atoms with E-state index in [-0.39, 0.29) is 23.2 Å². The Kier molecular flexibility index (Phi) is 3.16. The number of aromatic amines is 1. The SMILES string of the molecule is CCN1c2ccccc2C(=O)C2C=c3[nH]c4ccccc4c(=O)c3=CC21. The van der Waals surface area contributed by atoms with Crippen LogP contribution in [0, 0.1) is 5.92 Å². The lowest BCUT2D eigenvalue weighted by atomic mass is 9.81. The lowest BCUT2D eigenvalue weighted by molar-refractivity contribution is 0.0939. The van der Waals surface area contributed by atoms with Gasteiger partial charge >= 0.3 is 0 Å². The number of rotatable bonds is 1. The van der Waals surface area contributed by atoms with Crippen molar-refractivity contribution in [1.29, 1.82) is 0 Å². The van der Waals surface area contributed by atoms with Gasteiger partial charge in [-0.3, -0.25) is 9.59 Å². The third-order valence-corrected chi connectivity index (χ3v) is 5.51. The lowest BCUT2D eigenvalue weighted by Crippen LogP contribution is -2.54. The number of hydrogen-bond donors (Lipinski definition) is 1. The van der Waals surface area contributed by atoms with Crippen LogP contribution >= 0.6 is 0 Å². The van der Waals surface area contributed by atoms with Crippen LogP contribution in [0.5, 0.6) is 0 Å². The highest BCUT2D eigenvalue weighted by atomic mass is 16.1. The summed E-state index contributed by atoms with van der Waals surface area (Å²) in [6.45, 7) is 2.86. The van der Waals surface area contributed by atoms with Gasteiger partial charge in [0.1, 0.15) is 0 Å². The highest BCUT2D eigenvalue weighted by Crippen LogP contribution is 2.35. The molecule has 0 radical (unpaired) electrons. The van der Waals surface area contributed by atoms with E-state index < -0.39 is 0 Å². The van der Waals surface area contributed by atoms with E-state index in [0.717, 1.165) is 28.7 Å². The van der Waals surface area contributed by atoms with Crippen LogP contribution in [0.15, 0.2) is 53.3 Å². The van der Waals surface area contributed by atoms with Crippen LogP contribution in [0.1, 0.15) is 17.3 Å². The van der Waals surface area contributed by atoms with Crippen molar-refractivity contribution in [2.75, 3.05) is 11.4 Å². The van der Waals surface area contributed by atoms with Crippen LogP contribution < -0.4 is 20.9 Å². The second kappa shape index (κ2) is 5.43. The molecule has 1 aromatic heterocycles. The minimum atomic E-state index is -0.283. The number of aromatic nitrogens is 1. The Morgan fingerprint density at radius 2 is 1.77 bits per heavy atom. The molecule has 2 aliphatic rings. The molecule has 0 amide bonds. The summed E-state index contributed by atoms with van der Waals surface area (Å²) < 4.78 is 0. The highest BCUT2D eigenvalue weighted by Gasteiger charge is 2.38. The average molecular weight is 342 g/mol. The predicted molar refractivity (Wildman–Crippen MR) is 104 cm³/mol. The van der Waals surface area contributed by atoms with Gasteiger partial charge in [0.2, 0.25) is 0 Å². The van der Waals surface area contributed by atoms with Gasteiger partial charge in [-0.05, 0) is 43.3 Å². The highest BCUT2D eigenvalue weighted by molar-refractivity contribution is 6.09. The van der Waals surface area contributed by atoms with E-state index in [1.165, 1.54) is 0 Å². The molecule has 2 unspecified atom stereocenters. The second-order valence-corrected chi connectivity index (χ2v) is 6.84. The van der Waals surface area contributed by atoms with Crippen LogP contribution in [0.4, 0.5) is 5.69 Å². The molecule has 1 aliphatic heterocycles. The number of carbonyl (C=O) groups excluding carboxylic acids is 1. The molecule has 2 aromatic carbocycles. The molecule has 2 atom stereocenters. The number of ketones is 1. The van der Waals surface area contributed by atoms with Gasteiger partial charge in [0, 0.05) is 39.3 Å². The summed E-state index contributed by atoms with van der Waals surface area (Å²) in [6, 6.07) is 15.1. The van der Waals surface area contributed by atoms with Gasteiger partial charge in [0.05, 0.1) is 12.0 Å². The molecule has 1 N–H and O–H groups in total. The fourth-order valence-electron chi connectivity index (χ4n) is 4.29. The molecule has 0 fully saturated rings. The molecule has 4 nitrogen and oxygen atoms in total. The Morgan fingerprint density at radius 3 is 2.62 bits per heavy atom. The Labute approximate surface area is 150 Å². The quantitative estimate of drug-likeness (QED) is 0.734. The number of H-pyrrole nitrogens is 1. The molecule has 1 aliphatic carbocycles. The van der Waals surface area contributed by atoms with Crippen LogP contribution in [-0.2, 0) is 0 Å². The van der Waals surface area contributed by atoms with Crippen molar-refractivity contribution in [2.24, 2.45) is 5.92 Å². The molecule has 0 bridgehead atoms. The first-order valence-electron chi connectivity index (χ1n) is 8.93. The number of nitrogens with zero attached hydrogens (tertiary/aromatic N) is 1. The van der Waals surface area contributed by atoms with Crippen molar-refractivity contribution in [2.45, 2.75) is 13.0 Å². The minimum Gasteiger partial charge on any atom is -0.364 e. The van der Waals surface area contributed by atoms with Crippen LogP contribution in [0.3, 0.4) is 0 Å². The number of pyridine rings is 1. The van der Waals surface area contributed by atoms with E-state index in [4.69, 9.17) is 0 Å². The summed E-state index contributed by atoms with van der Waals surface area (Å²) in [4.78, 5) is 31.7. The molecular formula is C22H18N2O2. The molecule has 26 heavy (non-hydrogen) atoms. The Morgan fingerprint density at radius 1 is 1.00 bits per heavy atom. The molecule has 0 saturated heterocycles. The zero-order valence-electron chi connectivity index (χ0n) is 14.4. The van der Waals surface area contributed by atoms with Crippen molar-refractivity contribution in [3.05, 3.63) is 74.9 Å². The van der Waals surface area contributed by atoms with E-state index in [9.17, 15) is 9.59 Å². The second-order valence-electron chi connectivity index (χ2n) is 6.84.